The van der Waals surface area contributed by atoms with E-state index in [1.165, 1.54) is 4.70 Å². The van der Waals surface area contributed by atoms with E-state index in [9.17, 15) is 0 Å². The molecule has 1 atom stereocenters. The zero-order valence-corrected chi connectivity index (χ0v) is 12.0. The Morgan fingerprint density at radius 2 is 2.05 bits per heavy atom. The molecule has 1 aromatic carbocycles. The molecule has 3 rings (SSSR count). The van der Waals surface area contributed by atoms with E-state index in [4.69, 9.17) is 11.6 Å². The molecule has 1 N–H and O–H groups in total. The summed E-state index contributed by atoms with van der Waals surface area (Å²) in [5, 5.41) is 7.46. The van der Waals surface area contributed by atoms with Gasteiger partial charge in [0.15, 0.2) is 0 Å². The van der Waals surface area contributed by atoms with E-state index >= 15 is 0 Å². The molecule has 0 spiro atoms. The molecule has 0 bridgehead atoms. The largest absolute Gasteiger partial charge is 0.363 e. The molecule has 0 amide bonds. The van der Waals surface area contributed by atoms with Gasteiger partial charge in [0, 0.05) is 21.3 Å². The normalized spacial score (nSPS) is 12.5. The SMILES string of the molecule is CC(Nc1nccc2sccc12)c1ccccc1Cl. The van der Waals surface area contributed by atoms with Gasteiger partial charge in [0.1, 0.15) is 5.82 Å². The van der Waals surface area contributed by atoms with E-state index in [0.29, 0.717) is 0 Å². The first-order valence-electron chi connectivity index (χ1n) is 6.09. The molecule has 1 unspecified atom stereocenters. The highest BCUT2D eigenvalue weighted by Crippen LogP contribution is 2.30. The van der Waals surface area contributed by atoms with E-state index in [0.717, 1.165) is 21.8 Å². The van der Waals surface area contributed by atoms with Crippen molar-refractivity contribution >= 4 is 38.8 Å². The van der Waals surface area contributed by atoms with Crippen molar-refractivity contribution in [1.29, 1.82) is 0 Å². The van der Waals surface area contributed by atoms with Gasteiger partial charge in [0.25, 0.3) is 0 Å². The number of benzene rings is 1. The summed E-state index contributed by atoms with van der Waals surface area (Å²) in [6.07, 6.45) is 1.83. The number of fused-ring (bicyclic) bond motifs is 1. The molecule has 4 heteroatoms. The highest BCUT2D eigenvalue weighted by Gasteiger charge is 2.11. The van der Waals surface area contributed by atoms with Gasteiger partial charge in [-0.3, -0.25) is 0 Å². The van der Waals surface area contributed by atoms with Gasteiger partial charge in [0.05, 0.1) is 6.04 Å². The Morgan fingerprint density at radius 3 is 2.89 bits per heavy atom. The molecule has 19 heavy (non-hydrogen) atoms. The van der Waals surface area contributed by atoms with Crippen LogP contribution in [0.1, 0.15) is 18.5 Å². The Labute approximate surface area is 121 Å². The third-order valence-electron chi connectivity index (χ3n) is 3.10. The zero-order valence-electron chi connectivity index (χ0n) is 10.4. The average molecular weight is 289 g/mol. The zero-order chi connectivity index (χ0) is 13.2. The first kappa shape index (κ1) is 12.5. The second kappa shape index (κ2) is 5.19. The van der Waals surface area contributed by atoms with Gasteiger partial charge < -0.3 is 5.32 Å². The Hall–Kier alpha value is -1.58. The Balaban J connectivity index is 1.93. The number of thiophene rings is 1. The summed E-state index contributed by atoms with van der Waals surface area (Å²) in [7, 11) is 0. The number of hydrogen-bond donors (Lipinski definition) is 1. The van der Waals surface area contributed by atoms with Crippen LogP contribution in [0.2, 0.25) is 5.02 Å². The molecule has 2 aromatic heterocycles. The summed E-state index contributed by atoms with van der Waals surface area (Å²) >= 11 is 7.95. The number of pyridine rings is 1. The van der Waals surface area contributed by atoms with Crippen LogP contribution in [0, 0.1) is 0 Å². The van der Waals surface area contributed by atoms with Crippen molar-refractivity contribution < 1.29 is 0 Å². The number of anilines is 1. The number of aromatic nitrogens is 1. The molecule has 0 fully saturated rings. The summed E-state index contributed by atoms with van der Waals surface area (Å²) < 4.78 is 1.24. The quantitative estimate of drug-likeness (QED) is 0.723. The van der Waals surface area contributed by atoms with Crippen molar-refractivity contribution in [2.75, 3.05) is 5.32 Å². The van der Waals surface area contributed by atoms with Crippen molar-refractivity contribution in [3.05, 3.63) is 58.6 Å². The lowest BCUT2D eigenvalue weighted by molar-refractivity contribution is 0.878. The number of nitrogens with zero attached hydrogens (tertiary/aromatic N) is 1. The maximum atomic E-state index is 6.22. The van der Waals surface area contributed by atoms with Crippen LogP contribution in [0.5, 0.6) is 0 Å². The Morgan fingerprint density at radius 1 is 1.21 bits per heavy atom. The van der Waals surface area contributed by atoms with Crippen LogP contribution in [0.4, 0.5) is 5.82 Å². The van der Waals surface area contributed by atoms with Crippen LogP contribution in [0.3, 0.4) is 0 Å². The summed E-state index contributed by atoms with van der Waals surface area (Å²) in [4.78, 5) is 4.43. The fourth-order valence-electron chi connectivity index (χ4n) is 2.12. The van der Waals surface area contributed by atoms with Gasteiger partial charge in [-0.25, -0.2) is 4.98 Å². The molecule has 0 saturated carbocycles. The topological polar surface area (TPSA) is 24.9 Å². The maximum Gasteiger partial charge on any atom is 0.135 e. The molecule has 2 heterocycles. The van der Waals surface area contributed by atoms with Gasteiger partial charge in [-0.15, -0.1) is 11.3 Å². The van der Waals surface area contributed by atoms with Crippen molar-refractivity contribution in [3.63, 3.8) is 0 Å². The highest BCUT2D eigenvalue weighted by atomic mass is 35.5. The van der Waals surface area contributed by atoms with Gasteiger partial charge in [-0.1, -0.05) is 29.8 Å². The Kier molecular flexibility index (Phi) is 3.40. The van der Waals surface area contributed by atoms with Crippen molar-refractivity contribution in [2.45, 2.75) is 13.0 Å². The van der Waals surface area contributed by atoms with E-state index in [1.54, 1.807) is 11.3 Å². The molecular weight excluding hydrogens is 276 g/mol. The van der Waals surface area contributed by atoms with E-state index in [2.05, 4.69) is 28.7 Å². The molecule has 0 saturated heterocycles. The van der Waals surface area contributed by atoms with Crippen molar-refractivity contribution in [2.24, 2.45) is 0 Å². The molecular formula is C15H13ClN2S. The lowest BCUT2D eigenvalue weighted by atomic mass is 10.1. The summed E-state index contributed by atoms with van der Waals surface area (Å²) in [6, 6.07) is 12.1. The molecule has 0 radical (unpaired) electrons. The summed E-state index contributed by atoms with van der Waals surface area (Å²) in [6.45, 7) is 2.09. The van der Waals surface area contributed by atoms with Crippen molar-refractivity contribution in [1.82, 2.24) is 4.98 Å². The number of rotatable bonds is 3. The van der Waals surface area contributed by atoms with Crippen LogP contribution in [-0.2, 0) is 0 Å². The number of hydrogen-bond acceptors (Lipinski definition) is 3. The fraction of sp³-hybridized carbons (Fsp3) is 0.133. The van der Waals surface area contributed by atoms with Crippen LogP contribution in [-0.4, -0.2) is 4.98 Å². The molecule has 0 aliphatic carbocycles. The average Bonchev–Trinajstić information content (AvgIpc) is 2.88. The monoisotopic (exact) mass is 288 g/mol. The lowest BCUT2D eigenvalue weighted by Crippen LogP contribution is -2.08. The van der Waals surface area contributed by atoms with Gasteiger partial charge in [0.2, 0.25) is 0 Å². The smallest absolute Gasteiger partial charge is 0.135 e. The van der Waals surface area contributed by atoms with E-state index in [1.807, 2.05) is 36.5 Å². The van der Waals surface area contributed by atoms with Crippen LogP contribution >= 0.6 is 22.9 Å². The third-order valence-corrected chi connectivity index (χ3v) is 4.33. The highest BCUT2D eigenvalue weighted by molar-refractivity contribution is 7.17. The van der Waals surface area contributed by atoms with Gasteiger partial charge in [-0.2, -0.15) is 0 Å². The van der Waals surface area contributed by atoms with Crippen molar-refractivity contribution in [3.8, 4) is 0 Å². The predicted octanol–water partition coefficient (Wildman–Crippen LogP) is 5.12. The van der Waals surface area contributed by atoms with Gasteiger partial charge >= 0.3 is 0 Å². The lowest BCUT2D eigenvalue weighted by Gasteiger charge is -2.16. The summed E-state index contributed by atoms with van der Waals surface area (Å²) in [5.74, 6) is 0.908. The van der Waals surface area contributed by atoms with E-state index in [-0.39, 0.29) is 6.04 Å². The minimum Gasteiger partial charge on any atom is -0.363 e. The van der Waals surface area contributed by atoms with Crippen LogP contribution in [0.25, 0.3) is 10.1 Å². The molecule has 0 aliphatic rings. The predicted molar refractivity (Wildman–Crippen MR) is 83.1 cm³/mol. The number of nitrogens with one attached hydrogen (secondary N) is 1. The minimum absolute atomic E-state index is 0.117. The Bertz CT molecular complexity index is 708. The molecule has 96 valence electrons. The van der Waals surface area contributed by atoms with E-state index < -0.39 is 0 Å². The van der Waals surface area contributed by atoms with Crippen LogP contribution in [0.15, 0.2) is 48.0 Å². The third kappa shape index (κ3) is 2.44. The fourth-order valence-corrected chi connectivity index (χ4v) is 3.20. The second-order valence-electron chi connectivity index (χ2n) is 4.38. The second-order valence-corrected chi connectivity index (χ2v) is 5.73. The number of halogens is 1. The van der Waals surface area contributed by atoms with Gasteiger partial charge in [-0.05, 0) is 36.1 Å². The molecule has 3 aromatic rings. The summed E-state index contributed by atoms with van der Waals surface area (Å²) in [5.41, 5.74) is 1.08. The molecule has 2 nitrogen and oxygen atoms in total. The minimum atomic E-state index is 0.117. The maximum absolute atomic E-state index is 6.22. The van der Waals surface area contributed by atoms with Crippen LogP contribution < -0.4 is 5.32 Å². The standard InChI is InChI=1S/C15H13ClN2S/c1-10(11-4-2-3-5-13(11)16)18-15-12-7-9-19-14(12)6-8-17-15/h2-10H,1H3,(H,17,18). The first-order chi connectivity index (χ1) is 9.25. The molecule has 0 aliphatic heterocycles. The first-order valence-corrected chi connectivity index (χ1v) is 7.34.